The summed E-state index contributed by atoms with van der Waals surface area (Å²) in [5, 5.41) is 2.79. The molecule has 4 aliphatic carbocycles. The van der Waals surface area contributed by atoms with Gasteiger partial charge in [0.2, 0.25) is 0 Å². The molecule has 4 aliphatic rings. The van der Waals surface area contributed by atoms with E-state index in [0.29, 0.717) is 0 Å². The van der Waals surface area contributed by atoms with Gasteiger partial charge in [0.15, 0.2) is 0 Å². The van der Waals surface area contributed by atoms with Crippen LogP contribution >= 0.6 is 0 Å². The summed E-state index contributed by atoms with van der Waals surface area (Å²) in [5.74, 6) is 1.53. The van der Waals surface area contributed by atoms with Crippen LogP contribution in [0.4, 0.5) is 0 Å². The van der Waals surface area contributed by atoms with Crippen LogP contribution in [0.2, 0.25) is 0 Å². The zero-order valence-corrected chi connectivity index (χ0v) is 23.2. The number of para-hydroxylation sites is 2. The van der Waals surface area contributed by atoms with Crippen LogP contribution in [0.15, 0.2) is 116 Å². The lowest BCUT2D eigenvalue weighted by atomic mass is 9.45. The van der Waals surface area contributed by atoms with Crippen molar-refractivity contribution >= 4 is 21.8 Å². The van der Waals surface area contributed by atoms with Crippen LogP contribution in [0.1, 0.15) is 44.1 Å². The average Bonchev–Trinajstić information content (AvgIpc) is 3.36. The molecule has 0 spiro atoms. The van der Waals surface area contributed by atoms with Gasteiger partial charge >= 0.3 is 0 Å². The Kier molecular flexibility index (Phi) is 4.94. The maximum absolute atomic E-state index is 4.47. The Hall–Kier alpha value is -4.24. The monoisotopic (exact) mass is 531 g/mol. The minimum Gasteiger partial charge on any atom is -0.334 e. The number of nitrogens with zero attached hydrogens (tertiary/aromatic N) is 3. The van der Waals surface area contributed by atoms with Crippen molar-refractivity contribution in [2.75, 3.05) is 0 Å². The van der Waals surface area contributed by atoms with Gasteiger partial charge in [-0.2, -0.15) is 0 Å². The van der Waals surface area contributed by atoms with Crippen LogP contribution in [0, 0.1) is 11.8 Å². The summed E-state index contributed by atoms with van der Waals surface area (Å²) in [6, 6.07) is 34.1. The SMILES string of the molecule is c1cncc(-c2cc(-c3cccnc3)cc(C34CC5CC(C3)CC(n3c6ccccc6c6ccccc63)(C5)C4)c2)c1. The Balaban J connectivity index is 1.26. The average molecular weight is 532 g/mol. The molecule has 3 aromatic carbocycles. The molecular weight excluding hydrogens is 498 g/mol. The Bertz CT molecular complexity index is 1790. The van der Waals surface area contributed by atoms with Crippen molar-refractivity contribution in [1.29, 1.82) is 0 Å². The molecule has 3 nitrogen and oxygen atoms in total. The molecule has 4 saturated carbocycles. The van der Waals surface area contributed by atoms with E-state index in [1.54, 1.807) is 0 Å². The Morgan fingerprint density at radius 1 is 0.585 bits per heavy atom. The van der Waals surface area contributed by atoms with Gasteiger partial charge in [0.1, 0.15) is 0 Å². The fourth-order valence-electron chi connectivity index (χ4n) is 9.58. The minimum atomic E-state index is 0.144. The van der Waals surface area contributed by atoms with Gasteiger partial charge in [0.25, 0.3) is 0 Å². The van der Waals surface area contributed by atoms with Gasteiger partial charge in [-0.3, -0.25) is 9.97 Å². The van der Waals surface area contributed by atoms with Gasteiger partial charge in [0.05, 0.1) is 0 Å². The van der Waals surface area contributed by atoms with E-state index >= 15 is 0 Å². The van der Waals surface area contributed by atoms with E-state index in [0.717, 1.165) is 11.8 Å². The third-order valence-corrected chi connectivity index (χ3v) is 10.6. The summed E-state index contributed by atoms with van der Waals surface area (Å²) in [6.45, 7) is 0. The summed E-state index contributed by atoms with van der Waals surface area (Å²) in [5.41, 5.74) is 9.53. The molecule has 41 heavy (non-hydrogen) atoms. The van der Waals surface area contributed by atoms with Crippen LogP contribution in [-0.2, 0) is 11.0 Å². The summed E-state index contributed by atoms with van der Waals surface area (Å²) in [6.07, 6.45) is 15.5. The number of benzene rings is 3. The molecule has 0 radical (unpaired) electrons. The normalized spacial score (nSPS) is 26.6. The predicted molar refractivity (Wildman–Crippen MR) is 167 cm³/mol. The van der Waals surface area contributed by atoms with E-state index in [1.165, 1.54) is 88.1 Å². The predicted octanol–water partition coefficient (Wildman–Crippen LogP) is 9.17. The Morgan fingerprint density at radius 2 is 1.15 bits per heavy atom. The van der Waals surface area contributed by atoms with Crippen molar-refractivity contribution in [2.24, 2.45) is 11.8 Å². The second kappa shape index (κ2) is 8.63. The van der Waals surface area contributed by atoms with Crippen molar-refractivity contribution in [1.82, 2.24) is 14.5 Å². The summed E-state index contributed by atoms with van der Waals surface area (Å²) < 4.78 is 2.80. The largest absolute Gasteiger partial charge is 0.334 e. The molecule has 3 heteroatoms. The third kappa shape index (κ3) is 3.51. The molecule has 4 bridgehead atoms. The van der Waals surface area contributed by atoms with Gasteiger partial charge in [-0.25, -0.2) is 0 Å². The smallest absolute Gasteiger partial charge is 0.0496 e. The quantitative estimate of drug-likeness (QED) is 0.227. The van der Waals surface area contributed by atoms with Crippen molar-refractivity contribution in [3.8, 4) is 22.3 Å². The van der Waals surface area contributed by atoms with Crippen molar-refractivity contribution in [2.45, 2.75) is 49.5 Å². The lowest BCUT2D eigenvalue weighted by molar-refractivity contribution is -0.0587. The molecule has 0 aliphatic heterocycles. The highest BCUT2D eigenvalue weighted by atomic mass is 15.1. The van der Waals surface area contributed by atoms with Gasteiger partial charge in [-0.15, -0.1) is 0 Å². The Labute approximate surface area is 240 Å². The summed E-state index contributed by atoms with van der Waals surface area (Å²) in [7, 11) is 0. The number of fused-ring (bicyclic) bond motifs is 3. The lowest BCUT2D eigenvalue weighted by Gasteiger charge is -2.63. The van der Waals surface area contributed by atoms with Gasteiger partial charge < -0.3 is 4.57 Å². The molecule has 200 valence electrons. The molecule has 0 saturated heterocycles. The van der Waals surface area contributed by atoms with Gasteiger partial charge in [0, 0.05) is 63.3 Å². The fraction of sp³-hybridized carbons (Fsp3) is 0.263. The van der Waals surface area contributed by atoms with Crippen LogP contribution < -0.4 is 0 Å². The first-order valence-corrected chi connectivity index (χ1v) is 15.1. The zero-order chi connectivity index (χ0) is 27.0. The molecule has 0 amide bonds. The molecule has 3 aromatic heterocycles. The number of hydrogen-bond acceptors (Lipinski definition) is 2. The van der Waals surface area contributed by atoms with Crippen molar-refractivity contribution in [3.63, 3.8) is 0 Å². The van der Waals surface area contributed by atoms with E-state index in [-0.39, 0.29) is 11.0 Å². The van der Waals surface area contributed by atoms with E-state index in [9.17, 15) is 0 Å². The first-order valence-electron chi connectivity index (χ1n) is 15.1. The maximum Gasteiger partial charge on any atom is 0.0496 e. The highest BCUT2D eigenvalue weighted by Gasteiger charge is 2.59. The number of pyridine rings is 2. The van der Waals surface area contributed by atoms with Crippen molar-refractivity contribution in [3.05, 3.63) is 121 Å². The third-order valence-electron chi connectivity index (χ3n) is 10.6. The zero-order valence-electron chi connectivity index (χ0n) is 23.2. The second-order valence-electron chi connectivity index (χ2n) is 13.1. The van der Waals surface area contributed by atoms with Crippen molar-refractivity contribution < 1.29 is 0 Å². The molecule has 6 aromatic rings. The molecule has 10 rings (SSSR count). The summed E-state index contributed by atoms with van der Waals surface area (Å²) >= 11 is 0. The van der Waals surface area contributed by atoms with E-state index in [2.05, 4.69) is 93.4 Å². The second-order valence-corrected chi connectivity index (χ2v) is 13.1. The van der Waals surface area contributed by atoms with E-state index in [4.69, 9.17) is 0 Å². The van der Waals surface area contributed by atoms with Crippen LogP contribution in [-0.4, -0.2) is 14.5 Å². The first kappa shape index (κ1) is 23.5. The molecular formula is C38H33N3. The number of rotatable bonds is 4. The van der Waals surface area contributed by atoms with E-state index in [1.807, 2.05) is 36.9 Å². The van der Waals surface area contributed by atoms with Gasteiger partial charge in [-0.1, -0.05) is 60.7 Å². The topological polar surface area (TPSA) is 30.7 Å². The molecule has 4 fully saturated rings. The van der Waals surface area contributed by atoms with Crippen LogP contribution in [0.25, 0.3) is 44.1 Å². The first-order chi connectivity index (χ1) is 20.2. The number of hydrogen-bond donors (Lipinski definition) is 0. The fourth-order valence-corrected chi connectivity index (χ4v) is 9.58. The Morgan fingerprint density at radius 3 is 1.68 bits per heavy atom. The lowest BCUT2D eigenvalue weighted by Crippen LogP contribution is -2.58. The molecule has 2 atom stereocenters. The highest BCUT2D eigenvalue weighted by Crippen LogP contribution is 2.66. The number of aromatic nitrogens is 3. The summed E-state index contributed by atoms with van der Waals surface area (Å²) in [4.78, 5) is 8.94. The maximum atomic E-state index is 4.47. The van der Waals surface area contributed by atoms with Gasteiger partial charge in [-0.05, 0) is 103 Å². The highest BCUT2D eigenvalue weighted by molar-refractivity contribution is 6.08. The minimum absolute atomic E-state index is 0.144. The molecule has 0 N–H and O–H groups in total. The van der Waals surface area contributed by atoms with E-state index < -0.39 is 0 Å². The van der Waals surface area contributed by atoms with Crippen LogP contribution in [0.5, 0.6) is 0 Å². The molecule has 3 heterocycles. The molecule has 2 unspecified atom stereocenters. The standard InChI is InChI=1S/C38H33N3/c1-3-11-35-33(9-1)34-10-2-4-12-36(34)41(35)38-21-26-15-27(22-38)20-37(19-26,25-38)32-17-30(28-7-5-13-39-23-28)16-31(18-32)29-8-6-14-40-24-29/h1-14,16-18,23-24,26-27H,15,19-22,25H2. The van der Waals surface area contributed by atoms with Crippen LogP contribution in [0.3, 0.4) is 0 Å².